The molecule has 1 aliphatic carbocycles. The Hall–Kier alpha value is -2.22. The Morgan fingerprint density at radius 2 is 2.05 bits per heavy atom. The smallest absolute Gasteiger partial charge is 0.280 e. The lowest BCUT2D eigenvalue weighted by atomic mass is 9.93. The van der Waals surface area contributed by atoms with Crippen molar-refractivity contribution in [3.63, 3.8) is 0 Å². The normalized spacial score (nSPS) is 31.5. The van der Waals surface area contributed by atoms with Gasteiger partial charge in [-0.2, -0.15) is 0 Å². The van der Waals surface area contributed by atoms with E-state index in [0.717, 1.165) is 23.7 Å². The molecule has 1 aromatic heterocycles. The predicted molar refractivity (Wildman–Crippen MR) is 75.0 cm³/mol. The number of rotatable bonds is 0. The Balaban J connectivity index is 1.89. The molecule has 1 spiro atoms. The summed E-state index contributed by atoms with van der Waals surface area (Å²) in [6, 6.07) is -0.0803. The van der Waals surface area contributed by atoms with Gasteiger partial charge in [-0.3, -0.25) is 24.6 Å². The Labute approximate surface area is 125 Å². The molecule has 0 aromatic carbocycles. The van der Waals surface area contributed by atoms with Crippen molar-refractivity contribution in [2.75, 3.05) is 12.0 Å². The molecule has 0 radical (unpaired) electrons. The van der Waals surface area contributed by atoms with E-state index in [2.05, 4.69) is 5.43 Å². The zero-order valence-electron chi connectivity index (χ0n) is 12.3. The van der Waals surface area contributed by atoms with Crippen molar-refractivity contribution < 1.29 is 19.7 Å². The number of amides is 1. The van der Waals surface area contributed by atoms with Crippen molar-refractivity contribution in [2.24, 2.45) is 5.41 Å². The molecule has 3 N–H and O–H groups in total. The third-order valence-electron chi connectivity index (χ3n) is 5.18. The van der Waals surface area contributed by atoms with Crippen LogP contribution in [0.25, 0.3) is 0 Å². The lowest BCUT2D eigenvalue weighted by Crippen LogP contribution is -2.70. The molecule has 4 rings (SSSR count). The minimum absolute atomic E-state index is 0.0359. The van der Waals surface area contributed by atoms with Crippen LogP contribution in [-0.4, -0.2) is 44.2 Å². The second-order valence-corrected chi connectivity index (χ2v) is 6.51. The molecule has 1 amide bonds. The second-order valence-electron chi connectivity index (χ2n) is 6.51. The second kappa shape index (κ2) is 3.75. The SMILES string of the molecule is C[C@H]1N2C(=O)c3c(O)c(=O)c(O)cn3N[C@@]2(C)OCC12CC2. The zero-order chi connectivity index (χ0) is 15.9. The number of carbonyl (C=O) groups excluding carboxylic acids is 1. The highest BCUT2D eigenvalue weighted by Gasteiger charge is 2.61. The van der Waals surface area contributed by atoms with Crippen LogP contribution in [0, 0.1) is 5.41 Å². The minimum Gasteiger partial charge on any atom is -0.503 e. The van der Waals surface area contributed by atoms with E-state index in [-0.39, 0.29) is 17.2 Å². The van der Waals surface area contributed by atoms with Gasteiger partial charge in [-0.25, -0.2) is 0 Å². The lowest BCUT2D eigenvalue weighted by molar-refractivity contribution is -0.194. The van der Waals surface area contributed by atoms with Crippen LogP contribution in [0.5, 0.6) is 11.5 Å². The third-order valence-corrected chi connectivity index (χ3v) is 5.18. The lowest BCUT2D eigenvalue weighted by Gasteiger charge is -2.54. The number of fused-ring (bicyclic) bond motifs is 2. The minimum atomic E-state index is -1.09. The zero-order valence-corrected chi connectivity index (χ0v) is 12.3. The van der Waals surface area contributed by atoms with Gasteiger partial charge < -0.3 is 14.9 Å². The summed E-state index contributed by atoms with van der Waals surface area (Å²) in [6.45, 7) is 4.21. The first-order valence-corrected chi connectivity index (χ1v) is 7.22. The fourth-order valence-corrected chi connectivity index (χ4v) is 3.51. The highest BCUT2D eigenvalue weighted by molar-refractivity contribution is 5.97. The van der Waals surface area contributed by atoms with Gasteiger partial charge in [-0.15, -0.1) is 0 Å². The third kappa shape index (κ3) is 1.45. The summed E-state index contributed by atoms with van der Waals surface area (Å²) in [5, 5.41) is 19.5. The van der Waals surface area contributed by atoms with Gasteiger partial charge in [0, 0.05) is 18.4 Å². The summed E-state index contributed by atoms with van der Waals surface area (Å²) in [4.78, 5) is 26.1. The first-order chi connectivity index (χ1) is 10.3. The van der Waals surface area contributed by atoms with Crippen molar-refractivity contribution in [3.8, 4) is 11.5 Å². The van der Waals surface area contributed by atoms with Crippen LogP contribution in [0.2, 0.25) is 0 Å². The first-order valence-electron chi connectivity index (χ1n) is 7.22. The van der Waals surface area contributed by atoms with Crippen molar-refractivity contribution in [2.45, 2.75) is 38.6 Å². The molecule has 3 heterocycles. The van der Waals surface area contributed by atoms with Crippen LogP contribution in [0.4, 0.5) is 0 Å². The van der Waals surface area contributed by atoms with E-state index >= 15 is 0 Å². The molecule has 2 fully saturated rings. The van der Waals surface area contributed by atoms with Crippen molar-refractivity contribution in [3.05, 3.63) is 22.1 Å². The molecule has 1 saturated heterocycles. The predicted octanol–water partition coefficient (Wildman–Crippen LogP) is 0.131. The molecule has 3 aliphatic rings. The molecule has 1 saturated carbocycles. The van der Waals surface area contributed by atoms with Crippen LogP contribution in [0.15, 0.2) is 11.0 Å². The van der Waals surface area contributed by atoms with Crippen LogP contribution >= 0.6 is 0 Å². The van der Waals surface area contributed by atoms with E-state index < -0.39 is 28.7 Å². The van der Waals surface area contributed by atoms with Gasteiger partial charge in [0.1, 0.15) is 0 Å². The van der Waals surface area contributed by atoms with Gasteiger partial charge in [0.05, 0.1) is 12.8 Å². The molecule has 0 bridgehead atoms. The quantitative estimate of drug-likeness (QED) is 0.629. The topological polar surface area (TPSA) is 104 Å². The van der Waals surface area contributed by atoms with Crippen molar-refractivity contribution >= 4 is 5.91 Å². The average Bonchev–Trinajstić information content (AvgIpc) is 3.22. The van der Waals surface area contributed by atoms with Crippen molar-refractivity contribution in [1.29, 1.82) is 0 Å². The summed E-state index contributed by atoms with van der Waals surface area (Å²) in [7, 11) is 0. The average molecular weight is 307 g/mol. The van der Waals surface area contributed by atoms with E-state index in [0.29, 0.717) is 6.61 Å². The van der Waals surface area contributed by atoms with Crippen LogP contribution in [0.3, 0.4) is 0 Å². The maximum atomic E-state index is 12.9. The number of carbonyl (C=O) groups is 1. The van der Waals surface area contributed by atoms with Gasteiger partial charge in [0.15, 0.2) is 17.2 Å². The summed E-state index contributed by atoms with van der Waals surface area (Å²) < 4.78 is 7.04. The van der Waals surface area contributed by atoms with Crippen LogP contribution in [0.1, 0.15) is 37.2 Å². The number of nitrogens with one attached hydrogen (secondary N) is 1. The van der Waals surface area contributed by atoms with Gasteiger partial charge in [-0.1, -0.05) is 0 Å². The number of aromatic hydroxyl groups is 2. The highest BCUT2D eigenvalue weighted by atomic mass is 16.5. The molecule has 1 aromatic rings. The maximum absolute atomic E-state index is 12.9. The van der Waals surface area contributed by atoms with Crippen molar-refractivity contribution in [1.82, 2.24) is 9.58 Å². The van der Waals surface area contributed by atoms with Gasteiger partial charge in [-0.05, 0) is 19.8 Å². The van der Waals surface area contributed by atoms with Gasteiger partial charge in [0.25, 0.3) is 11.3 Å². The van der Waals surface area contributed by atoms with Gasteiger partial charge in [0.2, 0.25) is 5.85 Å². The number of pyridine rings is 1. The van der Waals surface area contributed by atoms with Gasteiger partial charge >= 0.3 is 0 Å². The number of nitrogens with zero attached hydrogens (tertiary/aromatic N) is 2. The fourth-order valence-electron chi connectivity index (χ4n) is 3.51. The molecule has 8 heteroatoms. The molecular formula is C14H17N3O5. The first kappa shape index (κ1) is 13.4. The summed E-state index contributed by atoms with van der Waals surface area (Å²) in [5.74, 6) is -2.98. The standard InChI is InChI=1S/C14H17N3O5/c1-7-14(3-4-14)6-22-13(2)15-16-5-8(18)10(19)11(20)9(16)12(21)17(7)13/h5,7,15,18,20H,3-4,6H2,1-2H3/t7-,13-/m1/s1. The summed E-state index contributed by atoms with van der Waals surface area (Å²) in [5.41, 5.74) is 1.77. The highest BCUT2D eigenvalue weighted by Crippen LogP contribution is 2.55. The van der Waals surface area contributed by atoms with Crippen LogP contribution in [-0.2, 0) is 4.74 Å². The summed E-state index contributed by atoms with van der Waals surface area (Å²) >= 11 is 0. The number of hydrogen-bond donors (Lipinski definition) is 3. The van der Waals surface area contributed by atoms with Crippen LogP contribution < -0.4 is 10.9 Å². The van der Waals surface area contributed by atoms with E-state index in [1.165, 1.54) is 4.90 Å². The Morgan fingerprint density at radius 1 is 1.36 bits per heavy atom. The maximum Gasteiger partial charge on any atom is 0.280 e. The number of ether oxygens (including phenoxy) is 1. The summed E-state index contributed by atoms with van der Waals surface area (Å²) in [6.07, 6.45) is 3.05. The van der Waals surface area contributed by atoms with E-state index in [1.807, 2.05) is 6.92 Å². The molecular weight excluding hydrogens is 290 g/mol. The fraction of sp³-hybridized carbons (Fsp3) is 0.571. The Morgan fingerprint density at radius 3 is 2.68 bits per heavy atom. The van der Waals surface area contributed by atoms with E-state index in [9.17, 15) is 19.8 Å². The molecule has 2 atom stereocenters. The molecule has 118 valence electrons. The Bertz CT molecular complexity index is 754. The largest absolute Gasteiger partial charge is 0.503 e. The molecule has 2 aliphatic heterocycles. The number of aromatic nitrogens is 1. The van der Waals surface area contributed by atoms with E-state index in [4.69, 9.17) is 4.74 Å². The monoisotopic (exact) mass is 307 g/mol. The molecule has 22 heavy (non-hydrogen) atoms. The van der Waals surface area contributed by atoms with E-state index in [1.54, 1.807) is 6.92 Å². The Kier molecular flexibility index (Phi) is 2.29. The molecule has 8 nitrogen and oxygen atoms in total. The molecule has 0 unspecified atom stereocenters. The number of hydrogen-bond acceptors (Lipinski definition) is 6.